The summed E-state index contributed by atoms with van der Waals surface area (Å²) in [6, 6.07) is 3.65. The van der Waals surface area contributed by atoms with Gasteiger partial charge in [0.1, 0.15) is 0 Å². The van der Waals surface area contributed by atoms with Crippen LogP contribution in [0.1, 0.15) is 37.8 Å². The Bertz CT molecular complexity index is 542. The summed E-state index contributed by atoms with van der Waals surface area (Å²) in [7, 11) is 0. The van der Waals surface area contributed by atoms with E-state index in [-0.39, 0.29) is 17.2 Å². The van der Waals surface area contributed by atoms with Gasteiger partial charge in [0.25, 0.3) is 0 Å². The zero-order valence-electron chi connectivity index (χ0n) is 11.9. The largest absolute Gasteiger partial charge is 0.398 e. The van der Waals surface area contributed by atoms with Crippen molar-refractivity contribution in [2.24, 2.45) is 5.41 Å². The van der Waals surface area contributed by atoms with Gasteiger partial charge in [-0.1, -0.05) is 19.9 Å². The van der Waals surface area contributed by atoms with Crippen molar-refractivity contribution in [1.29, 1.82) is 0 Å². The fourth-order valence-corrected chi connectivity index (χ4v) is 2.62. The van der Waals surface area contributed by atoms with Gasteiger partial charge in [-0.25, -0.2) is 4.90 Å². The normalized spacial score (nSPS) is 18.8. The summed E-state index contributed by atoms with van der Waals surface area (Å²) in [5.41, 5.74) is 8.58. The van der Waals surface area contributed by atoms with Crippen molar-refractivity contribution >= 4 is 23.2 Å². The molecule has 4 heteroatoms. The van der Waals surface area contributed by atoms with E-state index in [4.69, 9.17) is 5.73 Å². The van der Waals surface area contributed by atoms with Crippen LogP contribution >= 0.6 is 0 Å². The van der Waals surface area contributed by atoms with Gasteiger partial charge in [-0.05, 0) is 36.5 Å². The first-order chi connectivity index (χ1) is 8.73. The van der Waals surface area contributed by atoms with Gasteiger partial charge in [0.05, 0.1) is 5.69 Å². The number of nitrogens with zero attached hydrogens (tertiary/aromatic N) is 1. The number of aryl methyl sites for hydroxylation is 1. The molecule has 4 nitrogen and oxygen atoms in total. The van der Waals surface area contributed by atoms with Crippen LogP contribution in [0.5, 0.6) is 0 Å². The minimum absolute atomic E-state index is 0.141. The van der Waals surface area contributed by atoms with Crippen molar-refractivity contribution in [2.75, 3.05) is 10.6 Å². The van der Waals surface area contributed by atoms with E-state index in [1.165, 1.54) is 4.90 Å². The summed E-state index contributed by atoms with van der Waals surface area (Å²) in [5.74, 6) is -0.281. The van der Waals surface area contributed by atoms with Gasteiger partial charge in [0, 0.05) is 18.5 Å². The average molecular weight is 260 g/mol. The Labute approximate surface area is 113 Å². The van der Waals surface area contributed by atoms with E-state index >= 15 is 0 Å². The molecule has 2 N–H and O–H groups in total. The number of amides is 2. The number of carbonyl (C=O) groups excluding carboxylic acids is 2. The van der Waals surface area contributed by atoms with Gasteiger partial charge in [0.2, 0.25) is 11.8 Å². The summed E-state index contributed by atoms with van der Waals surface area (Å²) in [6.45, 7) is 7.62. The van der Waals surface area contributed by atoms with E-state index in [1.54, 1.807) is 6.07 Å². The number of rotatable bonds is 1. The summed E-state index contributed by atoms with van der Waals surface area (Å²) >= 11 is 0. The highest BCUT2D eigenvalue weighted by Crippen LogP contribution is 2.37. The molecule has 0 saturated carbocycles. The highest BCUT2D eigenvalue weighted by molar-refractivity contribution is 6.18. The fraction of sp³-hybridized carbons (Fsp3) is 0.467. The van der Waals surface area contributed by atoms with E-state index in [1.807, 2.05) is 33.8 Å². The molecular formula is C15H20N2O2. The first kappa shape index (κ1) is 13.6. The van der Waals surface area contributed by atoms with Crippen LogP contribution < -0.4 is 10.6 Å². The topological polar surface area (TPSA) is 63.4 Å². The van der Waals surface area contributed by atoms with Gasteiger partial charge in [-0.2, -0.15) is 0 Å². The highest BCUT2D eigenvalue weighted by atomic mass is 16.2. The number of nitrogen functional groups attached to an aromatic ring is 1. The van der Waals surface area contributed by atoms with Crippen molar-refractivity contribution < 1.29 is 9.59 Å². The predicted octanol–water partition coefficient (Wildman–Crippen LogP) is 2.57. The van der Waals surface area contributed by atoms with Crippen LogP contribution in [-0.2, 0) is 9.59 Å². The van der Waals surface area contributed by atoms with E-state index in [2.05, 4.69) is 0 Å². The van der Waals surface area contributed by atoms with Crippen LogP contribution in [-0.4, -0.2) is 11.8 Å². The molecule has 1 saturated heterocycles. The number of hydrogen-bond acceptors (Lipinski definition) is 3. The van der Waals surface area contributed by atoms with Crippen molar-refractivity contribution in [1.82, 2.24) is 0 Å². The lowest BCUT2D eigenvalue weighted by molar-refractivity contribution is -0.132. The van der Waals surface area contributed by atoms with Crippen molar-refractivity contribution in [3.63, 3.8) is 0 Å². The monoisotopic (exact) mass is 260 g/mol. The maximum Gasteiger partial charge on any atom is 0.234 e. The van der Waals surface area contributed by atoms with Gasteiger partial charge >= 0.3 is 0 Å². The second-order valence-corrected chi connectivity index (χ2v) is 6.09. The molecule has 1 aromatic carbocycles. The third kappa shape index (κ3) is 2.35. The number of benzene rings is 1. The molecule has 0 unspecified atom stereocenters. The first-order valence-corrected chi connectivity index (χ1v) is 6.44. The third-order valence-corrected chi connectivity index (χ3v) is 3.66. The molecule has 0 aromatic heterocycles. The summed E-state index contributed by atoms with van der Waals surface area (Å²) < 4.78 is 0. The second-order valence-electron chi connectivity index (χ2n) is 6.09. The summed E-state index contributed by atoms with van der Waals surface area (Å²) in [6.07, 6.45) is 0.763. The Morgan fingerprint density at radius 2 is 1.63 bits per heavy atom. The Hall–Kier alpha value is -1.84. The zero-order valence-corrected chi connectivity index (χ0v) is 11.9. The number of hydrogen-bond donors (Lipinski definition) is 1. The van der Waals surface area contributed by atoms with Gasteiger partial charge < -0.3 is 5.73 Å². The number of imide groups is 1. The van der Waals surface area contributed by atoms with Crippen LogP contribution in [0, 0.1) is 19.3 Å². The van der Waals surface area contributed by atoms with E-state index in [0.29, 0.717) is 24.2 Å². The van der Waals surface area contributed by atoms with Gasteiger partial charge in [-0.15, -0.1) is 0 Å². The number of piperidine rings is 1. The molecule has 0 aliphatic carbocycles. The van der Waals surface area contributed by atoms with E-state index in [9.17, 15) is 9.59 Å². The SMILES string of the molecule is Cc1ccc(N)c(C)c1N1C(=O)CC(C)(C)CC1=O. The van der Waals surface area contributed by atoms with Crippen LogP contribution in [0.4, 0.5) is 11.4 Å². The van der Waals surface area contributed by atoms with E-state index in [0.717, 1.165) is 11.1 Å². The lowest BCUT2D eigenvalue weighted by Gasteiger charge is -2.36. The molecule has 0 radical (unpaired) electrons. The van der Waals surface area contributed by atoms with Crippen LogP contribution in [0.15, 0.2) is 12.1 Å². The van der Waals surface area contributed by atoms with Crippen LogP contribution in [0.2, 0.25) is 0 Å². The molecule has 1 aliphatic heterocycles. The second kappa shape index (κ2) is 4.37. The van der Waals surface area contributed by atoms with E-state index < -0.39 is 0 Å². The Morgan fingerprint density at radius 3 is 2.16 bits per heavy atom. The quantitative estimate of drug-likeness (QED) is 0.623. The molecule has 0 spiro atoms. The molecule has 2 amide bonds. The summed E-state index contributed by atoms with van der Waals surface area (Å²) in [4.78, 5) is 25.9. The molecule has 0 atom stereocenters. The molecule has 1 fully saturated rings. The minimum Gasteiger partial charge on any atom is -0.398 e. The predicted molar refractivity (Wildman–Crippen MR) is 75.8 cm³/mol. The Balaban J connectivity index is 2.51. The Kier molecular flexibility index (Phi) is 3.12. The molecule has 0 bridgehead atoms. The number of nitrogens with two attached hydrogens (primary N) is 1. The lowest BCUT2D eigenvalue weighted by Crippen LogP contribution is -2.47. The molecule has 1 aromatic rings. The van der Waals surface area contributed by atoms with Crippen LogP contribution in [0.3, 0.4) is 0 Å². The maximum absolute atomic E-state index is 12.3. The van der Waals surface area contributed by atoms with Crippen LogP contribution in [0.25, 0.3) is 0 Å². The maximum atomic E-state index is 12.3. The minimum atomic E-state index is -0.257. The first-order valence-electron chi connectivity index (χ1n) is 6.44. The molecule has 1 heterocycles. The van der Waals surface area contributed by atoms with Crippen molar-refractivity contribution in [2.45, 2.75) is 40.5 Å². The number of anilines is 2. The van der Waals surface area contributed by atoms with Crippen molar-refractivity contribution in [3.05, 3.63) is 23.3 Å². The van der Waals surface area contributed by atoms with Crippen molar-refractivity contribution in [3.8, 4) is 0 Å². The average Bonchev–Trinajstić information content (AvgIpc) is 2.26. The standard InChI is InChI=1S/C15H20N2O2/c1-9-5-6-11(16)10(2)14(9)17-12(18)7-15(3,4)8-13(17)19/h5-6H,7-8,16H2,1-4H3. The lowest BCUT2D eigenvalue weighted by atomic mass is 9.81. The molecular weight excluding hydrogens is 240 g/mol. The summed E-state index contributed by atoms with van der Waals surface area (Å²) in [5, 5.41) is 0. The molecule has 1 aliphatic rings. The third-order valence-electron chi connectivity index (χ3n) is 3.66. The van der Waals surface area contributed by atoms with Gasteiger partial charge in [-0.3, -0.25) is 9.59 Å². The molecule has 102 valence electrons. The fourth-order valence-electron chi connectivity index (χ4n) is 2.62. The molecule has 19 heavy (non-hydrogen) atoms. The van der Waals surface area contributed by atoms with Gasteiger partial charge in [0.15, 0.2) is 0 Å². The number of carbonyl (C=O) groups is 2. The zero-order chi connectivity index (χ0) is 14.4. The highest BCUT2D eigenvalue weighted by Gasteiger charge is 2.39. The Morgan fingerprint density at radius 1 is 1.11 bits per heavy atom. The smallest absolute Gasteiger partial charge is 0.234 e. The molecule has 2 rings (SSSR count).